The molecule has 0 amide bonds. The molecule has 5 heteroatoms. The van der Waals surface area contributed by atoms with E-state index in [1.165, 1.54) is 5.39 Å². The van der Waals surface area contributed by atoms with Gasteiger partial charge in [0.05, 0.1) is 6.20 Å². The second-order valence-electron chi connectivity index (χ2n) is 11.2. The van der Waals surface area contributed by atoms with E-state index < -0.39 is 0 Å². The maximum absolute atomic E-state index is 6.68. The van der Waals surface area contributed by atoms with Crippen LogP contribution in [0.3, 0.4) is 0 Å². The lowest BCUT2D eigenvalue weighted by Gasteiger charge is -2.25. The van der Waals surface area contributed by atoms with E-state index in [4.69, 9.17) is 18.2 Å². The van der Waals surface area contributed by atoms with Gasteiger partial charge >= 0.3 is 0 Å². The third-order valence-corrected chi connectivity index (χ3v) is 8.73. The van der Waals surface area contributed by atoms with E-state index in [0.717, 1.165) is 88.3 Å². The van der Waals surface area contributed by atoms with E-state index in [2.05, 4.69) is 77.7 Å². The Bertz CT molecular complexity index is 2630. The molecule has 44 heavy (non-hydrogen) atoms. The molecule has 0 fully saturated rings. The Hall–Kier alpha value is -6.07. The lowest BCUT2D eigenvalue weighted by molar-refractivity contribution is 0.668. The fourth-order valence-electron chi connectivity index (χ4n) is 6.74. The molecule has 206 valence electrons. The molecule has 0 aliphatic carbocycles. The maximum Gasteiger partial charge on any atom is 0.162 e. The van der Waals surface area contributed by atoms with Gasteiger partial charge in [-0.15, -0.1) is 0 Å². The largest absolute Gasteiger partial charge is 0.456 e. The third kappa shape index (κ3) is 3.26. The van der Waals surface area contributed by atoms with Crippen molar-refractivity contribution in [2.24, 2.45) is 0 Å². The molecular weight excluding hydrogens is 544 g/mol. The first kappa shape index (κ1) is 23.5. The Morgan fingerprint density at radius 3 is 1.68 bits per heavy atom. The summed E-state index contributed by atoms with van der Waals surface area (Å²) in [6, 6.07) is 41.5. The molecule has 0 saturated carbocycles. The van der Waals surface area contributed by atoms with E-state index in [9.17, 15) is 0 Å². The van der Waals surface area contributed by atoms with E-state index in [1.54, 1.807) is 0 Å². The minimum absolute atomic E-state index is 0.778. The van der Waals surface area contributed by atoms with Crippen LogP contribution in [-0.4, -0.2) is 4.98 Å². The Balaban J connectivity index is 1.29. The van der Waals surface area contributed by atoms with Gasteiger partial charge in [0.1, 0.15) is 33.6 Å². The number of nitrogens with zero attached hydrogens (tertiary/aromatic N) is 2. The minimum atomic E-state index is 0.778. The number of pyridine rings is 1. The average molecular weight is 567 g/mol. The Labute approximate surface area is 250 Å². The van der Waals surface area contributed by atoms with E-state index in [-0.39, 0.29) is 0 Å². The average Bonchev–Trinajstić information content (AvgIpc) is 3.76. The van der Waals surface area contributed by atoms with E-state index in [1.807, 2.05) is 60.9 Å². The Morgan fingerprint density at radius 2 is 1.00 bits per heavy atom. The molecule has 0 N–H and O–H groups in total. The summed E-state index contributed by atoms with van der Waals surface area (Å²) < 4.78 is 19.0. The van der Waals surface area contributed by atoms with Crippen LogP contribution >= 0.6 is 0 Å². The highest BCUT2D eigenvalue weighted by molar-refractivity contribution is 6.21. The summed E-state index contributed by atoms with van der Waals surface area (Å²) in [4.78, 5) is 7.00. The number of hydrogen-bond acceptors (Lipinski definition) is 5. The zero-order chi connectivity index (χ0) is 28.8. The summed E-state index contributed by atoms with van der Waals surface area (Å²) in [6.07, 6.45) is 3.80. The van der Waals surface area contributed by atoms with Crippen molar-refractivity contribution < 1.29 is 13.3 Å². The molecular formula is C39H22N2O3. The number of anilines is 3. The van der Waals surface area contributed by atoms with Crippen LogP contribution in [0, 0.1) is 0 Å². The lowest BCUT2D eigenvalue weighted by atomic mass is 10.0. The summed E-state index contributed by atoms with van der Waals surface area (Å²) in [6.45, 7) is 0. The quantitative estimate of drug-likeness (QED) is 0.213. The summed E-state index contributed by atoms with van der Waals surface area (Å²) >= 11 is 0. The standard InChI is InChI=1S/C39H22N2O3/c1-2-8-26-23(7-1)13-16-37-38(26)31-21-40-22-32(39(31)44-37)41(24-14-17-35-29(19-24)27-9-3-5-11-33(27)42-35)25-15-18-36-30(20-25)28-10-4-6-12-34(28)43-36/h1-22H. The SMILES string of the molecule is c1ccc2c(c1)ccc1oc3c(N(c4ccc5oc6ccccc6c5c4)c4ccc5oc6ccccc6c5c4)cncc3c12. The van der Waals surface area contributed by atoms with Crippen molar-refractivity contribution in [3.63, 3.8) is 0 Å². The van der Waals surface area contributed by atoms with Gasteiger partial charge in [-0.2, -0.15) is 0 Å². The number of fused-ring (bicyclic) bond motifs is 11. The fraction of sp³-hybridized carbons (Fsp3) is 0. The summed E-state index contributed by atoms with van der Waals surface area (Å²) in [5.74, 6) is 0. The summed E-state index contributed by atoms with van der Waals surface area (Å²) in [5, 5.41) is 8.61. The van der Waals surface area contributed by atoms with Crippen LogP contribution in [0.4, 0.5) is 17.1 Å². The minimum Gasteiger partial charge on any atom is -0.456 e. The predicted octanol–water partition coefficient (Wildman–Crippen LogP) is 11.4. The monoisotopic (exact) mass is 566 g/mol. The number of aromatic nitrogens is 1. The molecule has 10 rings (SSSR count). The van der Waals surface area contributed by atoms with Crippen LogP contribution in [0.2, 0.25) is 0 Å². The summed E-state index contributed by atoms with van der Waals surface area (Å²) in [7, 11) is 0. The van der Waals surface area contributed by atoms with Crippen molar-refractivity contribution in [2.75, 3.05) is 4.90 Å². The first-order valence-electron chi connectivity index (χ1n) is 14.6. The molecule has 0 aliphatic rings. The van der Waals surface area contributed by atoms with E-state index >= 15 is 0 Å². The maximum atomic E-state index is 6.68. The molecule has 6 aromatic carbocycles. The van der Waals surface area contributed by atoms with E-state index in [0.29, 0.717) is 0 Å². The second kappa shape index (κ2) is 8.72. The number of furan rings is 3. The number of para-hydroxylation sites is 2. The molecule has 0 atom stereocenters. The van der Waals surface area contributed by atoms with Gasteiger partial charge in [0.25, 0.3) is 0 Å². The first-order valence-corrected chi connectivity index (χ1v) is 14.6. The lowest BCUT2D eigenvalue weighted by Crippen LogP contribution is -2.10. The zero-order valence-electron chi connectivity index (χ0n) is 23.3. The van der Waals surface area contributed by atoms with Gasteiger partial charge in [-0.1, -0.05) is 66.7 Å². The molecule has 0 unspecified atom stereocenters. The molecule has 0 spiro atoms. The van der Waals surface area contributed by atoms with Crippen molar-refractivity contribution in [1.29, 1.82) is 0 Å². The molecule has 4 heterocycles. The Morgan fingerprint density at radius 1 is 0.432 bits per heavy atom. The second-order valence-corrected chi connectivity index (χ2v) is 11.2. The zero-order valence-corrected chi connectivity index (χ0v) is 23.3. The van der Waals surface area contributed by atoms with Crippen molar-refractivity contribution in [3.05, 3.63) is 134 Å². The highest BCUT2D eigenvalue weighted by Gasteiger charge is 2.23. The van der Waals surface area contributed by atoms with Crippen molar-refractivity contribution >= 4 is 93.7 Å². The Kier molecular flexibility index (Phi) is 4.66. The third-order valence-electron chi connectivity index (χ3n) is 8.73. The molecule has 5 nitrogen and oxygen atoms in total. The van der Waals surface area contributed by atoms with Crippen LogP contribution in [0.25, 0.3) is 76.6 Å². The predicted molar refractivity (Wildman–Crippen MR) is 178 cm³/mol. The smallest absolute Gasteiger partial charge is 0.162 e. The molecule has 0 radical (unpaired) electrons. The topological polar surface area (TPSA) is 55.6 Å². The van der Waals surface area contributed by atoms with Crippen molar-refractivity contribution in [2.45, 2.75) is 0 Å². The van der Waals surface area contributed by atoms with Crippen LogP contribution in [0.5, 0.6) is 0 Å². The highest BCUT2D eigenvalue weighted by Crippen LogP contribution is 2.45. The van der Waals surface area contributed by atoms with Crippen LogP contribution in [0.15, 0.2) is 147 Å². The number of rotatable bonds is 3. The van der Waals surface area contributed by atoms with Gasteiger partial charge in [0.15, 0.2) is 5.58 Å². The summed E-state index contributed by atoms with van der Waals surface area (Å²) in [5.41, 5.74) is 7.82. The van der Waals surface area contributed by atoms with Crippen LogP contribution in [-0.2, 0) is 0 Å². The highest BCUT2D eigenvalue weighted by atomic mass is 16.3. The fourth-order valence-corrected chi connectivity index (χ4v) is 6.74. The molecule has 0 saturated heterocycles. The van der Waals surface area contributed by atoms with Gasteiger partial charge in [-0.05, 0) is 65.4 Å². The molecule has 4 aromatic heterocycles. The molecule has 0 aliphatic heterocycles. The van der Waals surface area contributed by atoms with Gasteiger partial charge in [0, 0.05) is 49.9 Å². The van der Waals surface area contributed by atoms with Gasteiger partial charge in [0.2, 0.25) is 0 Å². The first-order chi connectivity index (χ1) is 21.8. The van der Waals surface area contributed by atoms with Crippen molar-refractivity contribution in [3.8, 4) is 0 Å². The van der Waals surface area contributed by atoms with Gasteiger partial charge < -0.3 is 18.2 Å². The normalized spacial score (nSPS) is 12.1. The number of benzene rings is 6. The molecule has 10 aromatic rings. The molecule has 0 bridgehead atoms. The number of hydrogen-bond donors (Lipinski definition) is 0. The van der Waals surface area contributed by atoms with Crippen molar-refractivity contribution in [1.82, 2.24) is 4.98 Å². The van der Waals surface area contributed by atoms with Gasteiger partial charge in [-0.25, -0.2) is 0 Å². The van der Waals surface area contributed by atoms with Crippen LogP contribution in [0.1, 0.15) is 0 Å². The van der Waals surface area contributed by atoms with Gasteiger partial charge in [-0.3, -0.25) is 4.98 Å². The van der Waals surface area contributed by atoms with Crippen LogP contribution < -0.4 is 4.90 Å².